The summed E-state index contributed by atoms with van der Waals surface area (Å²) < 4.78 is 5.51. The predicted molar refractivity (Wildman–Crippen MR) is 69.5 cm³/mol. The van der Waals surface area contributed by atoms with Crippen molar-refractivity contribution in [1.29, 1.82) is 0 Å². The molecule has 1 aliphatic heterocycles. The summed E-state index contributed by atoms with van der Waals surface area (Å²) in [5, 5.41) is 0. The minimum atomic E-state index is 0.558. The monoisotopic (exact) mass is 236 g/mol. The summed E-state index contributed by atoms with van der Waals surface area (Å²) in [4.78, 5) is 2.48. The molecule has 0 unspecified atom stereocenters. The number of nitrogens with zero attached hydrogens (tertiary/aromatic N) is 1. The summed E-state index contributed by atoms with van der Waals surface area (Å²) in [6.45, 7) is 8.57. The third kappa shape index (κ3) is 3.11. The molecule has 0 aromatic carbocycles. The van der Waals surface area contributed by atoms with Gasteiger partial charge in [-0.15, -0.1) is 0 Å². The average molecular weight is 236 g/mol. The Morgan fingerprint density at radius 1 is 1.41 bits per heavy atom. The van der Waals surface area contributed by atoms with Gasteiger partial charge in [0.2, 0.25) is 0 Å². The second-order valence-electron chi connectivity index (χ2n) is 5.57. The highest BCUT2D eigenvalue weighted by molar-refractivity contribution is 5.12. The largest absolute Gasteiger partial charge is 0.468 e. The second-order valence-corrected chi connectivity index (χ2v) is 5.57. The lowest BCUT2D eigenvalue weighted by atomic mass is 9.78. The zero-order valence-electron chi connectivity index (χ0n) is 11.0. The molecule has 0 bridgehead atoms. The zero-order valence-corrected chi connectivity index (χ0v) is 11.0. The fourth-order valence-corrected chi connectivity index (χ4v) is 2.44. The minimum absolute atomic E-state index is 0.558. The van der Waals surface area contributed by atoms with Crippen molar-refractivity contribution in [2.24, 2.45) is 11.1 Å². The summed E-state index contributed by atoms with van der Waals surface area (Å²) in [6, 6.07) is 2.08. The van der Waals surface area contributed by atoms with E-state index in [4.69, 9.17) is 10.2 Å². The van der Waals surface area contributed by atoms with Gasteiger partial charge >= 0.3 is 0 Å². The molecule has 1 fully saturated rings. The van der Waals surface area contributed by atoms with Crippen molar-refractivity contribution in [2.75, 3.05) is 13.1 Å². The van der Waals surface area contributed by atoms with Crippen LogP contribution in [-0.2, 0) is 13.1 Å². The van der Waals surface area contributed by atoms with Crippen LogP contribution in [0.15, 0.2) is 16.7 Å². The lowest BCUT2D eigenvalue weighted by Crippen LogP contribution is -2.37. The van der Waals surface area contributed by atoms with Crippen LogP contribution in [0.2, 0.25) is 0 Å². The number of nitrogens with two attached hydrogens (primary N) is 1. The van der Waals surface area contributed by atoms with E-state index < -0.39 is 0 Å². The number of furan rings is 1. The lowest BCUT2D eigenvalue weighted by molar-refractivity contribution is 0.104. The van der Waals surface area contributed by atoms with Crippen molar-refractivity contribution in [3.05, 3.63) is 23.7 Å². The van der Waals surface area contributed by atoms with Gasteiger partial charge in [0.1, 0.15) is 5.76 Å². The third-order valence-electron chi connectivity index (χ3n) is 4.24. The summed E-state index contributed by atoms with van der Waals surface area (Å²) in [7, 11) is 0. The number of likely N-dealkylation sites (tertiary alicyclic amines) is 1. The third-order valence-corrected chi connectivity index (χ3v) is 4.24. The highest BCUT2D eigenvalue weighted by Crippen LogP contribution is 2.34. The van der Waals surface area contributed by atoms with E-state index in [9.17, 15) is 0 Å². The van der Waals surface area contributed by atoms with Gasteiger partial charge in [-0.25, -0.2) is 0 Å². The number of hydrogen-bond acceptors (Lipinski definition) is 3. The smallest absolute Gasteiger partial charge is 0.118 e. The number of hydrogen-bond donors (Lipinski definition) is 1. The maximum atomic E-state index is 5.58. The van der Waals surface area contributed by atoms with Crippen LogP contribution in [0.3, 0.4) is 0 Å². The Morgan fingerprint density at radius 2 is 2.12 bits per heavy atom. The first-order chi connectivity index (χ1) is 8.15. The molecule has 96 valence electrons. The van der Waals surface area contributed by atoms with Gasteiger partial charge < -0.3 is 10.2 Å². The normalized spacial score (nSPS) is 20.6. The molecular formula is C14H24N2O. The molecule has 0 saturated carbocycles. The topological polar surface area (TPSA) is 42.4 Å². The van der Waals surface area contributed by atoms with Gasteiger partial charge in [0.05, 0.1) is 12.8 Å². The van der Waals surface area contributed by atoms with Crippen LogP contribution in [0.25, 0.3) is 0 Å². The molecule has 0 amide bonds. The summed E-state index contributed by atoms with van der Waals surface area (Å²) in [5.74, 6) is 1.05. The Bertz CT molecular complexity index is 351. The Morgan fingerprint density at radius 3 is 2.65 bits per heavy atom. The van der Waals surface area contributed by atoms with Crippen LogP contribution in [0, 0.1) is 5.41 Å². The Balaban J connectivity index is 1.85. The van der Waals surface area contributed by atoms with E-state index in [1.165, 1.54) is 32.4 Å². The van der Waals surface area contributed by atoms with Gasteiger partial charge in [-0.2, -0.15) is 0 Å². The van der Waals surface area contributed by atoms with Crippen LogP contribution in [-0.4, -0.2) is 18.0 Å². The van der Waals surface area contributed by atoms with E-state index in [2.05, 4.69) is 24.8 Å². The molecule has 2 heterocycles. The van der Waals surface area contributed by atoms with Crippen molar-refractivity contribution < 1.29 is 4.42 Å². The van der Waals surface area contributed by atoms with Gasteiger partial charge in [-0.1, -0.05) is 20.3 Å². The van der Waals surface area contributed by atoms with E-state index in [1.807, 2.05) is 0 Å². The van der Waals surface area contributed by atoms with Crippen LogP contribution >= 0.6 is 0 Å². The lowest BCUT2D eigenvalue weighted by Gasteiger charge is -2.38. The standard InChI is InChI=1S/C14H24N2O/c1-3-14(2)4-6-16(7-5-14)10-13-8-12(9-15)11-17-13/h8,11H,3-7,9-10,15H2,1-2H3. The summed E-state index contributed by atoms with van der Waals surface area (Å²) in [6.07, 6.45) is 5.66. The first-order valence-corrected chi connectivity index (χ1v) is 6.64. The molecule has 1 saturated heterocycles. The number of piperidine rings is 1. The van der Waals surface area contributed by atoms with Gasteiger partial charge in [-0.05, 0) is 37.4 Å². The summed E-state index contributed by atoms with van der Waals surface area (Å²) >= 11 is 0. The highest BCUT2D eigenvalue weighted by atomic mass is 16.3. The summed E-state index contributed by atoms with van der Waals surface area (Å²) in [5.41, 5.74) is 7.23. The zero-order chi connectivity index (χ0) is 12.3. The highest BCUT2D eigenvalue weighted by Gasteiger charge is 2.28. The molecule has 17 heavy (non-hydrogen) atoms. The fourth-order valence-electron chi connectivity index (χ4n) is 2.44. The van der Waals surface area contributed by atoms with Crippen molar-refractivity contribution in [3.63, 3.8) is 0 Å². The van der Waals surface area contributed by atoms with Crippen molar-refractivity contribution in [3.8, 4) is 0 Å². The molecule has 0 radical (unpaired) electrons. The van der Waals surface area contributed by atoms with Gasteiger partial charge in [0.15, 0.2) is 0 Å². The van der Waals surface area contributed by atoms with E-state index in [0.29, 0.717) is 12.0 Å². The maximum absolute atomic E-state index is 5.58. The Labute approximate surface area is 104 Å². The first kappa shape index (κ1) is 12.7. The van der Waals surface area contributed by atoms with E-state index >= 15 is 0 Å². The molecule has 0 atom stereocenters. The second kappa shape index (κ2) is 5.23. The average Bonchev–Trinajstić information content (AvgIpc) is 2.80. The van der Waals surface area contributed by atoms with E-state index in [0.717, 1.165) is 17.9 Å². The van der Waals surface area contributed by atoms with Gasteiger partial charge in [0, 0.05) is 12.1 Å². The van der Waals surface area contributed by atoms with Crippen molar-refractivity contribution in [1.82, 2.24) is 4.90 Å². The molecule has 3 heteroatoms. The molecule has 0 aliphatic carbocycles. The first-order valence-electron chi connectivity index (χ1n) is 6.64. The maximum Gasteiger partial charge on any atom is 0.118 e. The number of rotatable bonds is 4. The quantitative estimate of drug-likeness (QED) is 0.874. The molecule has 0 spiro atoms. The van der Waals surface area contributed by atoms with Crippen LogP contribution in [0.5, 0.6) is 0 Å². The van der Waals surface area contributed by atoms with Crippen molar-refractivity contribution >= 4 is 0 Å². The van der Waals surface area contributed by atoms with Gasteiger partial charge in [-0.3, -0.25) is 4.90 Å². The van der Waals surface area contributed by atoms with Crippen LogP contribution in [0.1, 0.15) is 44.4 Å². The molecule has 2 N–H and O–H groups in total. The van der Waals surface area contributed by atoms with E-state index in [1.54, 1.807) is 6.26 Å². The molecule has 3 nitrogen and oxygen atoms in total. The molecule has 2 rings (SSSR count). The van der Waals surface area contributed by atoms with Crippen molar-refractivity contribution in [2.45, 2.75) is 46.2 Å². The van der Waals surface area contributed by atoms with Crippen LogP contribution < -0.4 is 5.73 Å². The molecule has 1 aromatic heterocycles. The Kier molecular flexibility index (Phi) is 3.89. The van der Waals surface area contributed by atoms with Crippen LogP contribution in [0.4, 0.5) is 0 Å². The van der Waals surface area contributed by atoms with E-state index in [-0.39, 0.29) is 0 Å². The SMILES string of the molecule is CCC1(C)CCN(Cc2cc(CN)co2)CC1. The van der Waals surface area contributed by atoms with Gasteiger partial charge in [0.25, 0.3) is 0 Å². The minimum Gasteiger partial charge on any atom is -0.468 e. The fraction of sp³-hybridized carbons (Fsp3) is 0.714. The predicted octanol–water partition coefficient (Wildman–Crippen LogP) is 2.75. The molecular weight excluding hydrogens is 212 g/mol. The molecule has 1 aromatic rings. The Hall–Kier alpha value is -0.800. The molecule has 1 aliphatic rings.